The Kier molecular flexibility index (Phi) is 5.83. The van der Waals surface area contributed by atoms with Gasteiger partial charge in [-0.15, -0.1) is 21.5 Å². The second kappa shape index (κ2) is 7.96. The topological polar surface area (TPSA) is 46.1 Å². The summed E-state index contributed by atoms with van der Waals surface area (Å²) >= 11 is 1.60. The first-order valence-electron chi connectivity index (χ1n) is 9.03. The van der Waals surface area contributed by atoms with Crippen molar-refractivity contribution in [2.24, 2.45) is 5.92 Å². The molecule has 2 aromatic rings. The van der Waals surface area contributed by atoms with Gasteiger partial charge in [-0.2, -0.15) is 13.2 Å². The third kappa shape index (κ3) is 4.86. The third-order valence-electron chi connectivity index (χ3n) is 4.58. The normalized spacial score (nSPS) is 18.1. The lowest BCUT2D eigenvalue weighted by Crippen LogP contribution is -2.39. The summed E-state index contributed by atoms with van der Waals surface area (Å²) in [5.74, 6) is 0.408. The molecule has 0 bridgehead atoms. The van der Waals surface area contributed by atoms with Crippen LogP contribution in [-0.2, 0) is 12.6 Å². The van der Waals surface area contributed by atoms with Crippen molar-refractivity contribution in [3.05, 3.63) is 45.4 Å². The quantitative estimate of drug-likeness (QED) is 0.746. The van der Waals surface area contributed by atoms with E-state index in [-0.39, 0.29) is 17.4 Å². The number of amides is 1. The maximum absolute atomic E-state index is 12.7. The van der Waals surface area contributed by atoms with Gasteiger partial charge in [-0.25, -0.2) is 0 Å². The Morgan fingerprint density at radius 3 is 2.59 bits per heavy atom. The van der Waals surface area contributed by atoms with E-state index in [2.05, 4.69) is 24.0 Å². The summed E-state index contributed by atoms with van der Waals surface area (Å²) in [6.07, 6.45) is -1.73. The van der Waals surface area contributed by atoms with Crippen LogP contribution in [0.15, 0.2) is 24.3 Å². The van der Waals surface area contributed by atoms with E-state index in [1.165, 1.54) is 12.1 Å². The lowest BCUT2D eigenvalue weighted by Gasteiger charge is -2.31. The van der Waals surface area contributed by atoms with Crippen LogP contribution in [0.5, 0.6) is 0 Å². The molecule has 0 aliphatic carbocycles. The van der Waals surface area contributed by atoms with E-state index < -0.39 is 11.7 Å². The summed E-state index contributed by atoms with van der Waals surface area (Å²) in [6, 6.07) is 4.41. The van der Waals surface area contributed by atoms with Gasteiger partial charge in [0.2, 0.25) is 0 Å². The average molecular weight is 397 g/mol. The molecule has 1 aliphatic rings. The highest BCUT2D eigenvalue weighted by Gasteiger charge is 2.31. The van der Waals surface area contributed by atoms with E-state index in [4.69, 9.17) is 0 Å². The minimum atomic E-state index is -4.40. The molecule has 1 saturated heterocycles. The van der Waals surface area contributed by atoms with Crippen LogP contribution in [-0.4, -0.2) is 34.1 Å². The highest BCUT2D eigenvalue weighted by molar-refractivity contribution is 7.11. The smallest absolute Gasteiger partial charge is 0.338 e. The molecule has 0 saturated carbocycles. The minimum Gasteiger partial charge on any atom is -0.338 e. The Balaban J connectivity index is 1.68. The Labute approximate surface area is 160 Å². The van der Waals surface area contributed by atoms with Gasteiger partial charge in [0, 0.05) is 31.0 Å². The van der Waals surface area contributed by atoms with E-state index in [1.807, 2.05) is 0 Å². The van der Waals surface area contributed by atoms with Crippen LogP contribution >= 0.6 is 11.3 Å². The summed E-state index contributed by atoms with van der Waals surface area (Å²) in [4.78, 5) is 14.4. The van der Waals surface area contributed by atoms with E-state index in [0.29, 0.717) is 19.0 Å². The van der Waals surface area contributed by atoms with Gasteiger partial charge in [-0.05, 0) is 43.0 Å². The van der Waals surface area contributed by atoms with Crippen LogP contribution in [0.2, 0.25) is 0 Å². The monoisotopic (exact) mass is 397 g/mol. The molecule has 27 heavy (non-hydrogen) atoms. The molecule has 0 spiro atoms. The van der Waals surface area contributed by atoms with Crippen molar-refractivity contribution in [1.29, 1.82) is 0 Å². The van der Waals surface area contributed by atoms with Gasteiger partial charge in [0.15, 0.2) is 0 Å². The van der Waals surface area contributed by atoms with Gasteiger partial charge in [0.25, 0.3) is 5.91 Å². The molecule has 1 aliphatic heterocycles. The fourth-order valence-corrected chi connectivity index (χ4v) is 4.39. The van der Waals surface area contributed by atoms with Crippen LogP contribution in [0.4, 0.5) is 13.2 Å². The average Bonchev–Trinajstić information content (AvgIpc) is 3.08. The number of piperidine rings is 1. The van der Waals surface area contributed by atoms with Crippen molar-refractivity contribution in [3.8, 4) is 0 Å². The minimum absolute atomic E-state index is 0.135. The molecule has 4 nitrogen and oxygen atoms in total. The van der Waals surface area contributed by atoms with E-state index in [9.17, 15) is 18.0 Å². The van der Waals surface area contributed by atoms with E-state index in [1.54, 1.807) is 16.2 Å². The Morgan fingerprint density at radius 1 is 1.26 bits per heavy atom. The van der Waals surface area contributed by atoms with Crippen molar-refractivity contribution in [1.82, 2.24) is 15.1 Å². The van der Waals surface area contributed by atoms with Crippen LogP contribution in [0, 0.1) is 5.92 Å². The number of halogens is 3. The zero-order chi connectivity index (χ0) is 19.6. The van der Waals surface area contributed by atoms with Gasteiger partial charge in [-0.1, -0.05) is 13.8 Å². The molecule has 8 heteroatoms. The van der Waals surface area contributed by atoms with Crippen molar-refractivity contribution >= 4 is 17.2 Å². The van der Waals surface area contributed by atoms with Crippen molar-refractivity contribution < 1.29 is 18.0 Å². The molecule has 1 unspecified atom stereocenters. The molecule has 2 heterocycles. The SMILES string of the molecule is CC(C)Cc1nnc(C2CCCN(C(=O)c3ccc(C(F)(F)F)cc3)C2)s1. The number of carbonyl (C=O) groups excluding carboxylic acids is 1. The second-order valence-electron chi connectivity index (χ2n) is 7.30. The molecule has 1 fully saturated rings. The predicted octanol–water partition coefficient (Wildman–Crippen LogP) is 4.78. The van der Waals surface area contributed by atoms with Gasteiger partial charge in [0.1, 0.15) is 10.0 Å². The van der Waals surface area contributed by atoms with E-state index in [0.717, 1.165) is 41.4 Å². The summed E-state index contributed by atoms with van der Waals surface area (Å²) in [5.41, 5.74) is -0.469. The molecular formula is C19H22F3N3OS. The molecule has 1 aromatic carbocycles. The zero-order valence-corrected chi connectivity index (χ0v) is 16.1. The lowest BCUT2D eigenvalue weighted by molar-refractivity contribution is -0.137. The van der Waals surface area contributed by atoms with Gasteiger partial charge in [-0.3, -0.25) is 4.79 Å². The zero-order valence-electron chi connectivity index (χ0n) is 15.3. The maximum atomic E-state index is 12.7. The predicted molar refractivity (Wildman–Crippen MR) is 97.8 cm³/mol. The first-order valence-corrected chi connectivity index (χ1v) is 9.84. The first-order chi connectivity index (χ1) is 12.7. The van der Waals surface area contributed by atoms with Gasteiger partial charge < -0.3 is 4.90 Å². The number of nitrogens with zero attached hydrogens (tertiary/aromatic N) is 3. The molecular weight excluding hydrogens is 375 g/mol. The number of benzene rings is 1. The van der Waals surface area contributed by atoms with Gasteiger partial charge in [0.05, 0.1) is 5.56 Å². The number of rotatable bonds is 4. The molecule has 146 valence electrons. The van der Waals surface area contributed by atoms with Crippen LogP contribution in [0.25, 0.3) is 0 Å². The van der Waals surface area contributed by atoms with Crippen molar-refractivity contribution in [3.63, 3.8) is 0 Å². The summed E-state index contributed by atoms with van der Waals surface area (Å²) in [6.45, 7) is 5.39. The largest absolute Gasteiger partial charge is 0.416 e. The molecule has 1 amide bonds. The van der Waals surface area contributed by atoms with Crippen molar-refractivity contribution in [2.75, 3.05) is 13.1 Å². The number of hydrogen-bond donors (Lipinski definition) is 0. The Bertz CT molecular complexity index is 786. The van der Waals surface area contributed by atoms with E-state index >= 15 is 0 Å². The Hall–Kier alpha value is -1.96. The second-order valence-corrected chi connectivity index (χ2v) is 8.39. The fourth-order valence-electron chi connectivity index (χ4n) is 3.21. The number of carbonyl (C=O) groups is 1. The molecule has 3 rings (SSSR count). The first kappa shape index (κ1) is 19.8. The number of alkyl halides is 3. The summed E-state index contributed by atoms with van der Waals surface area (Å²) in [5, 5.41) is 10.5. The molecule has 1 aromatic heterocycles. The van der Waals surface area contributed by atoms with Crippen LogP contribution < -0.4 is 0 Å². The van der Waals surface area contributed by atoms with Crippen LogP contribution in [0.1, 0.15) is 58.5 Å². The van der Waals surface area contributed by atoms with Gasteiger partial charge >= 0.3 is 6.18 Å². The maximum Gasteiger partial charge on any atom is 0.416 e. The lowest BCUT2D eigenvalue weighted by atomic mass is 9.98. The van der Waals surface area contributed by atoms with Crippen molar-refractivity contribution in [2.45, 2.75) is 45.2 Å². The number of aromatic nitrogens is 2. The molecule has 0 N–H and O–H groups in total. The summed E-state index contributed by atoms with van der Waals surface area (Å²) in [7, 11) is 0. The van der Waals surface area contributed by atoms with Crippen LogP contribution in [0.3, 0.4) is 0 Å². The summed E-state index contributed by atoms with van der Waals surface area (Å²) < 4.78 is 38.1. The standard InChI is InChI=1S/C19H22F3N3OS/c1-12(2)10-16-23-24-17(27-16)14-4-3-9-25(11-14)18(26)13-5-7-15(8-6-13)19(20,21)22/h5-8,12,14H,3-4,9-11H2,1-2H3. The Morgan fingerprint density at radius 2 is 1.96 bits per heavy atom. The third-order valence-corrected chi connectivity index (χ3v) is 5.69. The highest BCUT2D eigenvalue weighted by Crippen LogP contribution is 2.32. The molecule has 0 radical (unpaired) electrons. The number of hydrogen-bond acceptors (Lipinski definition) is 4. The number of likely N-dealkylation sites (tertiary alicyclic amines) is 1. The molecule has 1 atom stereocenters. The fraction of sp³-hybridized carbons (Fsp3) is 0.526. The highest BCUT2D eigenvalue weighted by atomic mass is 32.1.